The fourth-order valence-corrected chi connectivity index (χ4v) is 4.05. The second kappa shape index (κ2) is 9.40. The first kappa shape index (κ1) is 20.5. The van der Waals surface area contributed by atoms with Crippen LogP contribution in [0.5, 0.6) is 5.75 Å². The van der Waals surface area contributed by atoms with Crippen molar-refractivity contribution >= 4 is 11.7 Å². The van der Waals surface area contributed by atoms with Gasteiger partial charge in [-0.2, -0.15) is 5.26 Å². The third kappa shape index (κ3) is 4.72. The van der Waals surface area contributed by atoms with Gasteiger partial charge < -0.3 is 19.5 Å². The van der Waals surface area contributed by atoms with E-state index in [1.54, 1.807) is 0 Å². The molecule has 2 amide bonds. The number of amides is 2. The summed E-state index contributed by atoms with van der Waals surface area (Å²) >= 11 is 0. The summed E-state index contributed by atoms with van der Waals surface area (Å²) in [6.07, 6.45) is 4.37. The van der Waals surface area contributed by atoms with Crippen molar-refractivity contribution in [1.82, 2.24) is 9.47 Å². The van der Waals surface area contributed by atoms with Crippen LogP contribution >= 0.6 is 0 Å². The van der Waals surface area contributed by atoms with Crippen LogP contribution in [0.4, 0.5) is 10.5 Å². The Morgan fingerprint density at radius 1 is 1.16 bits per heavy atom. The molecule has 0 saturated carbocycles. The number of aromatic nitrogens is 1. The largest absolute Gasteiger partial charge is 0.489 e. The average molecular weight is 415 g/mol. The minimum atomic E-state index is -0.0861. The zero-order valence-corrected chi connectivity index (χ0v) is 17.6. The Labute approximate surface area is 182 Å². The topological polar surface area (TPSA) is 70.3 Å². The van der Waals surface area contributed by atoms with Crippen LogP contribution in [0.3, 0.4) is 0 Å². The Balaban J connectivity index is 1.43. The van der Waals surface area contributed by atoms with E-state index in [0.717, 1.165) is 47.6 Å². The van der Waals surface area contributed by atoms with Gasteiger partial charge in [-0.3, -0.25) is 0 Å². The summed E-state index contributed by atoms with van der Waals surface area (Å²) in [5.41, 5.74) is 3.78. The van der Waals surface area contributed by atoms with Crippen LogP contribution in [-0.2, 0) is 20.1 Å². The lowest BCUT2D eigenvalue weighted by atomic mass is 10.1. The van der Waals surface area contributed by atoms with Gasteiger partial charge in [0.25, 0.3) is 0 Å². The maximum Gasteiger partial charge on any atom is 0.322 e. The number of anilines is 1. The highest BCUT2D eigenvalue weighted by Crippen LogP contribution is 2.32. The predicted octanol–water partition coefficient (Wildman–Crippen LogP) is 5.04. The van der Waals surface area contributed by atoms with Crippen molar-refractivity contribution in [2.75, 3.05) is 11.9 Å². The Bertz CT molecular complexity index is 1080. The molecule has 1 saturated heterocycles. The molecule has 1 fully saturated rings. The molecule has 0 spiro atoms. The van der Waals surface area contributed by atoms with Gasteiger partial charge in [-0.15, -0.1) is 0 Å². The summed E-state index contributed by atoms with van der Waals surface area (Å²) in [6.45, 7) is 1.09. The van der Waals surface area contributed by atoms with Crippen LogP contribution in [0.1, 0.15) is 35.7 Å². The molecule has 158 valence electrons. The SMILES string of the molecule is Cn1cccc1C1CCCN1C(=O)Nc1ccccc1COc1ccc(CC#N)cc1. The van der Waals surface area contributed by atoms with Crippen molar-refractivity contribution in [2.45, 2.75) is 31.9 Å². The van der Waals surface area contributed by atoms with Crippen molar-refractivity contribution in [2.24, 2.45) is 7.05 Å². The van der Waals surface area contributed by atoms with Crippen LogP contribution < -0.4 is 10.1 Å². The van der Waals surface area contributed by atoms with Crippen LogP contribution in [0, 0.1) is 11.3 Å². The number of urea groups is 1. The summed E-state index contributed by atoms with van der Waals surface area (Å²) in [4.78, 5) is 15.0. The predicted molar refractivity (Wildman–Crippen MR) is 120 cm³/mol. The Hall–Kier alpha value is -3.72. The van der Waals surface area contributed by atoms with Crippen LogP contribution in [0.2, 0.25) is 0 Å². The van der Waals surface area contributed by atoms with E-state index < -0.39 is 0 Å². The number of hydrogen-bond acceptors (Lipinski definition) is 3. The number of carbonyl (C=O) groups excluding carboxylic acids is 1. The lowest BCUT2D eigenvalue weighted by molar-refractivity contribution is 0.205. The molecule has 1 aliphatic rings. The molecule has 1 aliphatic heterocycles. The molecule has 31 heavy (non-hydrogen) atoms. The van der Waals surface area contributed by atoms with Gasteiger partial charge in [-0.1, -0.05) is 30.3 Å². The Kier molecular flexibility index (Phi) is 6.23. The lowest BCUT2D eigenvalue weighted by Gasteiger charge is -2.26. The van der Waals surface area contributed by atoms with Crippen molar-refractivity contribution < 1.29 is 9.53 Å². The summed E-state index contributed by atoms with van der Waals surface area (Å²) < 4.78 is 8.00. The molecular formula is C25H26N4O2. The first-order valence-corrected chi connectivity index (χ1v) is 10.5. The molecule has 3 aromatic rings. The van der Waals surface area contributed by atoms with E-state index in [-0.39, 0.29) is 12.1 Å². The molecule has 0 radical (unpaired) electrons. The van der Waals surface area contributed by atoms with Gasteiger partial charge in [0.2, 0.25) is 0 Å². The van der Waals surface area contributed by atoms with Gasteiger partial charge in [-0.25, -0.2) is 4.79 Å². The number of aryl methyl sites for hydroxylation is 1. The highest BCUT2D eigenvalue weighted by Gasteiger charge is 2.31. The number of hydrogen-bond donors (Lipinski definition) is 1. The van der Waals surface area contributed by atoms with E-state index in [2.05, 4.69) is 22.0 Å². The van der Waals surface area contributed by atoms with Gasteiger partial charge in [-0.05, 0) is 48.7 Å². The van der Waals surface area contributed by atoms with Crippen molar-refractivity contribution in [3.63, 3.8) is 0 Å². The first-order valence-electron chi connectivity index (χ1n) is 10.5. The van der Waals surface area contributed by atoms with Crippen LogP contribution in [0.15, 0.2) is 66.9 Å². The maximum absolute atomic E-state index is 13.1. The summed E-state index contributed by atoms with van der Waals surface area (Å²) in [5.74, 6) is 0.728. The number of para-hydroxylation sites is 1. The molecule has 4 rings (SSSR count). The molecule has 2 heterocycles. The molecular weight excluding hydrogens is 388 g/mol. The zero-order chi connectivity index (χ0) is 21.6. The molecule has 2 aromatic carbocycles. The summed E-state index contributed by atoms with van der Waals surface area (Å²) in [7, 11) is 2.02. The van der Waals surface area contributed by atoms with E-state index in [9.17, 15) is 4.79 Å². The normalized spacial score (nSPS) is 15.5. The molecule has 1 atom stereocenters. The number of likely N-dealkylation sites (tertiary alicyclic amines) is 1. The zero-order valence-electron chi connectivity index (χ0n) is 17.6. The number of rotatable bonds is 6. The number of carbonyl (C=O) groups is 1. The smallest absolute Gasteiger partial charge is 0.322 e. The fourth-order valence-electron chi connectivity index (χ4n) is 4.05. The molecule has 0 aliphatic carbocycles. The molecule has 1 unspecified atom stereocenters. The number of benzene rings is 2. The molecule has 6 nitrogen and oxygen atoms in total. The third-order valence-corrected chi connectivity index (χ3v) is 5.70. The average Bonchev–Trinajstić information content (AvgIpc) is 3.43. The monoisotopic (exact) mass is 414 g/mol. The highest BCUT2D eigenvalue weighted by atomic mass is 16.5. The van der Waals surface area contributed by atoms with Crippen LogP contribution in [-0.4, -0.2) is 22.0 Å². The van der Waals surface area contributed by atoms with E-state index in [4.69, 9.17) is 10.00 Å². The Morgan fingerprint density at radius 3 is 2.71 bits per heavy atom. The molecule has 1 aromatic heterocycles. The van der Waals surface area contributed by atoms with E-state index >= 15 is 0 Å². The number of nitrogens with one attached hydrogen (secondary N) is 1. The Morgan fingerprint density at radius 2 is 1.97 bits per heavy atom. The fraction of sp³-hybridized carbons (Fsp3) is 0.280. The molecule has 1 N–H and O–H groups in total. The summed E-state index contributed by atoms with van der Waals surface area (Å²) in [6, 6.07) is 21.5. The van der Waals surface area contributed by atoms with Gasteiger partial charge in [0.1, 0.15) is 12.4 Å². The minimum absolute atomic E-state index is 0.0861. The molecule has 6 heteroatoms. The standard InChI is InChI=1S/C25H26N4O2/c1-28-16-4-8-23(28)24-9-5-17-29(24)25(30)27-22-7-3-2-6-20(22)18-31-21-12-10-19(11-13-21)14-15-26/h2-4,6-8,10-13,16,24H,5,9,14,17-18H2,1H3,(H,27,30). The van der Waals surface area contributed by atoms with Crippen molar-refractivity contribution in [3.8, 4) is 11.8 Å². The number of ether oxygens (including phenoxy) is 1. The first-order chi connectivity index (χ1) is 15.2. The van der Waals surface area contributed by atoms with Gasteiger partial charge >= 0.3 is 6.03 Å². The maximum atomic E-state index is 13.1. The van der Waals surface area contributed by atoms with Gasteiger partial charge in [0, 0.05) is 36.7 Å². The third-order valence-electron chi connectivity index (χ3n) is 5.70. The van der Waals surface area contributed by atoms with E-state index in [1.807, 2.05) is 72.7 Å². The second-order valence-corrected chi connectivity index (χ2v) is 7.75. The van der Waals surface area contributed by atoms with Gasteiger partial charge in [0.15, 0.2) is 0 Å². The number of nitrogens with zero attached hydrogens (tertiary/aromatic N) is 3. The second-order valence-electron chi connectivity index (χ2n) is 7.75. The quantitative estimate of drug-likeness (QED) is 0.614. The van der Waals surface area contributed by atoms with E-state index in [1.165, 1.54) is 0 Å². The minimum Gasteiger partial charge on any atom is -0.489 e. The lowest BCUT2D eigenvalue weighted by Crippen LogP contribution is -2.35. The van der Waals surface area contributed by atoms with Crippen molar-refractivity contribution in [3.05, 3.63) is 83.7 Å². The van der Waals surface area contributed by atoms with Crippen LogP contribution in [0.25, 0.3) is 0 Å². The summed E-state index contributed by atoms with van der Waals surface area (Å²) in [5, 5.41) is 11.9. The van der Waals surface area contributed by atoms with Crippen molar-refractivity contribution in [1.29, 1.82) is 5.26 Å². The number of nitriles is 1. The van der Waals surface area contributed by atoms with E-state index in [0.29, 0.717) is 13.0 Å². The highest BCUT2D eigenvalue weighted by molar-refractivity contribution is 5.90. The molecule has 0 bridgehead atoms. The van der Waals surface area contributed by atoms with Gasteiger partial charge in [0.05, 0.1) is 18.5 Å².